The molecule has 0 spiro atoms. The van der Waals surface area contributed by atoms with Crippen molar-refractivity contribution in [2.45, 2.75) is 32.7 Å². The number of carbonyl (C=O) groups excluding carboxylic acids is 2. The number of ketones is 1. The molecule has 0 radical (unpaired) electrons. The number of amides is 1. The maximum absolute atomic E-state index is 13.3. The second-order valence-electron chi connectivity index (χ2n) is 8.49. The van der Waals surface area contributed by atoms with E-state index in [9.17, 15) is 14.7 Å². The molecule has 34 heavy (non-hydrogen) atoms. The van der Waals surface area contributed by atoms with Crippen molar-refractivity contribution < 1.29 is 19.4 Å². The van der Waals surface area contributed by atoms with Gasteiger partial charge in [0.2, 0.25) is 0 Å². The molecule has 0 aliphatic carbocycles. The Morgan fingerprint density at radius 3 is 2.32 bits per heavy atom. The van der Waals surface area contributed by atoms with Crippen molar-refractivity contribution in [2.24, 2.45) is 0 Å². The van der Waals surface area contributed by atoms with E-state index >= 15 is 0 Å². The first-order valence-corrected chi connectivity index (χ1v) is 11.3. The Labute approximate surface area is 203 Å². The summed E-state index contributed by atoms with van der Waals surface area (Å²) >= 11 is 6.04. The summed E-state index contributed by atoms with van der Waals surface area (Å²) in [6.45, 7) is 5.87. The number of pyridine rings is 1. The van der Waals surface area contributed by atoms with Crippen LogP contribution in [0.2, 0.25) is 5.02 Å². The molecule has 0 saturated carbocycles. The van der Waals surface area contributed by atoms with Gasteiger partial charge in [-0.3, -0.25) is 19.5 Å². The molecule has 1 amide bonds. The molecule has 2 aromatic carbocycles. The summed E-state index contributed by atoms with van der Waals surface area (Å²) in [5.41, 5.74) is 3.28. The maximum Gasteiger partial charge on any atom is 0.300 e. The van der Waals surface area contributed by atoms with Crippen molar-refractivity contribution in [3.05, 3.63) is 93.8 Å². The van der Waals surface area contributed by atoms with E-state index in [4.69, 9.17) is 16.3 Å². The van der Waals surface area contributed by atoms with Crippen LogP contribution in [-0.2, 0) is 9.59 Å². The number of methoxy groups -OCH3 is 1. The Hall–Kier alpha value is -3.64. The predicted molar refractivity (Wildman–Crippen MR) is 132 cm³/mol. The minimum absolute atomic E-state index is 0.0223. The monoisotopic (exact) mass is 476 g/mol. The van der Waals surface area contributed by atoms with Crippen molar-refractivity contribution >= 4 is 34.7 Å². The first-order valence-electron chi connectivity index (χ1n) is 10.9. The van der Waals surface area contributed by atoms with Crippen LogP contribution < -0.4 is 9.64 Å². The topological polar surface area (TPSA) is 79.7 Å². The predicted octanol–water partition coefficient (Wildman–Crippen LogP) is 5.80. The van der Waals surface area contributed by atoms with E-state index in [2.05, 4.69) is 4.98 Å². The van der Waals surface area contributed by atoms with Crippen LogP contribution in [0, 0.1) is 6.92 Å². The van der Waals surface area contributed by atoms with Gasteiger partial charge in [-0.1, -0.05) is 25.4 Å². The highest BCUT2D eigenvalue weighted by atomic mass is 35.5. The molecular weight excluding hydrogens is 452 g/mol. The number of Topliss-reactive ketones (excluding diaryl/α,β-unsaturated/α-hetero) is 1. The van der Waals surface area contributed by atoms with Crippen LogP contribution in [0.5, 0.6) is 5.75 Å². The van der Waals surface area contributed by atoms with Gasteiger partial charge in [-0.2, -0.15) is 0 Å². The summed E-state index contributed by atoms with van der Waals surface area (Å²) < 4.78 is 5.52. The second kappa shape index (κ2) is 9.31. The molecule has 3 aromatic rings. The number of anilines is 1. The highest BCUT2D eigenvalue weighted by Gasteiger charge is 2.47. The Morgan fingerprint density at radius 1 is 1.09 bits per heavy atom. The summed E-state index contributed by atoms with van der Waals surface area (Å²) in [6.07, 6.45) is 3.18. The van der Waals surface area contributed by atoms with Crippen molar-refractivity contribution in [2.75, 3.05) is 12.0 Å². The summed E-state index contributed by atoms with van der Waals surface area (Å²) in [4.78, 5) is 32.0. The molecule has 1 fully saturated rings. The van der Waals surface area contributed by atoms with Gasteiger partial charge in [0, 0.05) is 28.7 Å². The third-order valence-electron chi connectivity index (χ3n) is 6.02. The molecule has 1 aliphatic heterocycles. The average molecular weight is 477 g/mol. The van der Waals surface area contributed by atoms with Crippen LogP contribution >= 0.6 is 11.6 Å². The lowest BCUT2D eigenvalue weighted by molar-refractivity contribution is -0.132. The van der Waals surface area contributed by atoms with E-state index in [1.165, 1.54) is 4.90 Å². The van der Waals surface area contributed by atoms with E-state index in [0.29, 0.717) is 27.6 Å². The molecule has 1 aromatic heterocycles. The third kappa shape index (κ3) is 4.05. The highest BCUT2D eigenvalue weighted by molar-refractivity contribution is 6.51. The van der Waals surface area contributed by atoms with Crippen molar-refractivity contribution in [3.63, 3.8) is 0 Å². The normalized spacial score (nSPS) is 17.5. The van der Waals surface area contributed by atoms with Crippen molar-refractivity contribution in [1.82, 2.24) is 4.98 Å². The fourth-order valence-electron chi connectivity index (χ4n) is 4.29. The van der Waals surface area contributed by atoms with E-state index in [0.717, 1.165) is 11.1 Å². The molecule has 2 heterocycles. The second-order valence-corrected chi connectivity index (χ2v) is 8.93. The van der Waals surface area contributed by atoms with Gasteiger partial charge >= 0.3 is 0 Å². The Bertz CT molecular complexity index is 1280. The number of aliphatic hydroxyl groups excluding tert-OH is 1. The lowest BCUT2D eigenvalue weighted by Crippen LogP contribution is -2.29. The quantitative estimate of drug-likeness (QED) is 0.286. The van der Waals surface area contributed by atoms with Gasteiger partial charge in [0.15, 0.2) is 0 Å². The van der Waals surface area contributed by atoms with E-state index < -0.39 is 17.7 Å². The van der Waals surface area contributed by atoms with Gasteiger partial charge in [0.25, 0.3) is 11.7 Å². The first-order chi connectivity index (χ1) is 16.2. The maximum atomic E-state index is 13.3. The van der Waals surface area contributed by atoms with Gasteiger partial charge in [0.1, 0.15) is 11.5 Å². The number of hydrogen-bond acceptors (Lipinski definition) is 5. The summed E-state index contributed by atoms with van der Waals surface area (Å²) in [5.74, 6) is -0.874. The number of aromatic nitrogens is 1. The first kappa shape index (κ1) is 23.5. The molecule has 1 saturated heterocycles. The zero-order valence-corrected chi connectivity index (χ0v) is 20.1. The van der Waals surface area contributed by atoms with Gasteiger partial charge in [-0.15, -0.1) is 0 Å². The summed E-state index contributed by atoms with van der Waals surface area (Å²) in [7, 11) is 1.60. The number of hydrogen-bond donors (Lipinski definition) is 1. The van der Waals surface area contributed by atoms with Crippen LogP contribution in [0.4, 0.5) is 5.69 Å². The number of aliphatic hydroxyl groups is 1. The van der Waals surface area contributed by atoms with Gasteiger partial charge in [-0.05, 0) is 78.1 Å². The molecule has 6 nitrogen and oxygen atoms in total. The lowest BCUT2D eigenvalue weighted by atomic mass is 9.91. The van der Waals surface area contributed by atoms with Gasteiger partial charge in [0.05, 0.1) is 18.7 Å². The van der Waals surface area contributed by atoms with E-state index in [-0.39, 0.29) is 17.3 Å². The number of ether oxygens (including phenoxy) is 1. The van der Waals surface area contributed by atoms with Gasteiger partial charge < -0.3 is 9.84 Å². The molecule has 1 atom stereocenters. The fraction of sp³-hybridized carbons (Fsp3) is 0.222. The van der Waals surface area contributed by atoms with Crippen molar-refractivity contribution in [3.8, 4) is 5.75 Å². The van der Waals surface area contributed by atoms with Crippen LogP contribution in [-0.4, -0.2) is 28.9 Å². The lowest BCUT2D eigenvalue weighted by Gasteiger charge is -2.25. The van der Waals surface area contributed by atoms with Crippen LogP contribution in [0.25, 0.3) is 5.76 Å². The third-order valence-corrected chi connectivity index (χ3v) is 6.28. The molecule has 174 valence electrons. The zero-order chi connectivity index (χ0) is 24.6. The molecule has 0 bridgehead atoms. The molecule has 4 rings (SSSR count). The standard InChI is InChI=1S/C27H25ClN2O4/c1-15(2)20-14-21(16(3)13-22(20)34-4)25(31)23-24(17-9-11-29-12-10-17)30(27(33)26(23)32)19-7-5-18(28)6-8-19/h5-15,24,31H,1-4H3/b25-23+. The molecule has 7 heteroatoms. The largest absolute Gasteiger partial charge is 0.507 e. The van der Waals surface area contributed by atoms with E-state index in [1.807, 2.05) is 32.9 Å². The number of halogens is 1. The number of nitrogens with zero attached hydrogens (tertiary/aromatic N) is 2. The summed E-state index contributed by atoms with van der Waals surface area (Å²) in [5, 5.41) is 12.0. The Kier molecular flexibility index (Phi) is 6.44. The minimum Gasteiger partial charge on any atom is -0.507 e. The van der Waals surface area contributed by atoms with Crippen LogP contribution in [0.15, 0.2) is 66.5 Å². The molecule has 1 N–H and O–H groups in total. The number of benzene rings is 2. The number of carbonyl (C=O) groups is 2. The molecular formula is C27H25ClN2O4. The Balaban J connectivity index is 1.97. The van der Waals surface area contributed by atoms with Crippen molar-refractivity contribution in [1.29, 1.82) is 0 Å². The van der Waals surface area contributed by atoms with Gasteiger partial charge in [-0.25, -0.2) is 0 Å². The summed E-state index contributed by atoms with van der Waals surface area (Å²) in [6, 6.07) is 13.0. The SMILES string of the molecule is COc1cc(C)c(/C(O)=C2\C(=O)C(=O)N(c3ccc(Cl)cc3)C2c2ccncc2)cc1C(C)C. The smallest absolute Gasteiger partial charge is 0.300 e. The van der Waals surface area contributed by atoms with Crippen LogP contribution in [0.3, 0.4) is 0 Å². The zero-order valence-electron chi connectivity index (χ0n) is 19.4. The average Bonchev–Trinajstić information content (AvgIpc) is 3.09. The number of aryl methyl sites for hydroxylation is 1. The minimum atomic E-state index is -0.826. The van der Waals surface area contributed by atoms with E-state index in [1.54, 1.807) is 55.9 Å². The highest BCUT2D eigenvalue weighted by Crippen LogP contribution is 2.43. The number of rotatable bonds is 5. The molecule has 1 aliphatic rings. The molecule has 1 unspecified atom stereocenters. The van der Waals surface area contributed by atoms with Crippen LogP contribution in [0.1, 0.15) is 48.1 Å². The Morgan fingerprint density at radius 2 is 1.74 bits per heavy atom. The fourth-order valence-corrected chi connectivity index (χ4v) is 4.41.